The van der Waals surface area contributed by atoms with E-state index in [2.05, 4.69) is 4.98 Å². The van der Waals surface area contributed by atoms with E-state index in [1.807, 2.05) is 6.92 Å². The Morgan fingerprint density at radius 1 is 1.57 bits per heavy atom. The lowest BCUT2D eigenvalue weighted by Gasteiger charge is -1.94. The maximum absolute atomic E-state index is 11.1. The predicted molar refractivity (Wildman–Crippen MR) is 57.9 cm³/mol. The zero-order valence-electron chi connectivity index (χ0n) is 7.37. The van der Waals surface area contributed by atoms with E-state index in [-0.39, 0.29) is 0 Å². The van der Waals surface area contributed by atoms with Crippen LogP contribution in [0.25, 0.3) is 10.1 Å². The fraction of sp³-hybridized carbons (Fsp3) is 0.111. The highest BCUT2D eigenvalue weighted by atomic mass is 35.5. The fourth-order valence-corrected chi connectivity index (χ4v) is 2.80. The number of halogens is 1. The molecule has 72 valence electrons. The van der Waals surface area contributed by atoms with Crippen molar-refractivity contribution in [1.82, 2.24) is 4.98 Å². The lowest BCUT2D eigenvalue weighted by molar-refractivity contribution is 0.100. The lowest BCUT2D eigenvalue weighted by Crippen LogP contribution is -2.09. The van der Waals surface area contributed by atoms with E-state index in [1.54, 1.807) is 12.4 Å². The summed E-state index contributed by atoms with van der Waals surface area (Å²) in [6.07, 6.45) is 3.25. The van der Waals surface area contributed by atoms with Crippen molar-refractivity contribution in [2.24, 2.45) is 5.73 Å². The van der Waals surface area contributed by atoms with Crippen LogP contribution in [0.1, 0.15) is 15.2 Å². The van der Waals surface area contributed by atoms with E-state index in [0.717, 1.165) is 15.6 Å². The highest BCUT2D eigenvalue weighted by Gasteiger charge is 2.14. The molecule has 0 unspecified atom stereocenters. The molecule has 0 fully saturated rings. The Kier molecular flexibility index (Phi) is 2.17. The van der Waals surface area contributed by atoms with Gasteiger partial charge in [-0.2, -0.15) is 0 Å². The summed E-state index contributed by atoms with van der Waals surface area (Å²) < 4.78 is 0.892. The number of hydrogen-bond acceptors (Lipinski definition) is 3. The van der Waals surface area contributed by atoms with Gasteiger partial charge in [-0.1, -0.05) is 11.6 Å². The van der Waals surface area contributed by atoms with Crippen molar-refractivity contribution in [3.8, 4) is 0 Å². The summed E-state index contributed by atoms with van der Waals surface area (Å²) >= 11 is 7.30. The predicted octanol–water partition coefficient (Wildman–Crippen LogP) is 2.36. The fourth-order valence-electron chi connectivity index (χ4n) is 1.39. The minimum atomic E-state index is -0.417. The molecule has 2 aromatic rings. The molecule has 5 heteroatoms. The quantitative estimate of drug-likeness (QED) is 0.812. The molecular weight excluding hydrogens is 220 g/mol. The molecule has 2 aromatic heterocycles. The van der Waals surface area contributed by atoms with Crippen LogP contribution >= 0.6 is 22.9 Å². The molecule has 0 atom stereocenters. The number of fused-ring (bicyclic) bond motifs is 1. The zero-order valence-corrected chi connectivity index (χ0v) is 8.95. The van der Waals surface area contributed by atoms with Crippen LogP contribution in [-0.4, -0.2) is 10.9 Å². The average Bonchev–Trinajstić information content (AvgIpc) is 2.45. The van der Waals surface area contributed by atoms with Crippen molar-refractivity contribution in [3.05, 3.63) is 27.9 Å². The van der Waals surface area contributed by atoms with Crippen LogP contribution in [0.5, 0.6) is 0 Å². The highest BCUT2D eigenvalue weighted by molar-refractivity contribution is 7.21. The summed E-state index contributed by atoms with van der Waals surface area (Å²) in [4.78, 5) is 15.6. The van der Waals surface area contributed by atoms with Crippen LogP contribution in [0.3, 0.4) is 0 Å². The second-order valence-corrected chi connectivity index (χ2v) is 4.37. The number of nitrogens with zero attached hydrogens (tertiary/aromatic N) is 1. The second-order valence-electron chi connectivity index (χ2n) is 2.91. The molecule has 0 aliphatic carbocycles. The Morgan fingerprint density at radius 2 is 2.29 bits per heavy atom. The molecule has 1 amide bonds. The number of amides is 1. The largest absolute Gasteiger partial charge is 0.365 e. The van der Waals surface area contributed by atoms with Gasteiger partial charge in [0, 0.05) is 17.8 Å². The minimum absolute atomic E-state index is 0.417. The van der Waals surface area contributed by atoms with Crippen LogP contribution in [0.2, 0.25) is 5.02 Å². The summed E-state index contributed by atoms with van der Waals surface area (Å²) in [5, 5.41) is 1.43. The molecule has 14 heavy (non-hydrogen) atoms. The molecular formula is C9H7ClN2OS. The van der Waals surface area contributed by atoms with E-state index in [9.17, 15) is 4.79 Å². The van der Waals surface area contributed by atoms with Crippen LogP contribution in [-0.2, 0) is 0 Å². The van der Waals surface area contributed by atoms with Gasteiger partial charge in [-0.25, -0.2) is 0 Å². The Hall–Kier alpha value is -1.13. The molecule has 0 radical (unpaired) electrons. The van der Waals surface area contributed by atoms with Gasteiger partial charge in [0.05, 0.1) is 14.6 Å². The van der Waals surface area contributed by atoms with Gasteiger partial charge in [0.15, 0.2) is 0 Å². The minimum Gasteiger partial charge on any atom is -0.365 e. The summed E-state index contributed by atoms with van der Waals surface area (Å²) in [5.41, 5.74) is 6.07. The van der Waals surface area contributed by atoms with Crippen molar-refractivity contribution in [1.29, 1.82) is 0 Å². The van der Waals surface area contributed by atoms with Crippen molar-refractivity contribution in [2.45, 2.75) is 6.92 Å². The Balaban J connectivity index is 2.87. The number of pyridine rings is 1. The SMILES string of the molecule is Cc1c(C(N)=O)sc2cncc(Cl)c12. The van der Waals surface area contributed by atoms with Gasteiger partial charge in [-0.05, 0) is 12.5 Å². The lowest BCUT2D eigenvalue weighted by atomic mass is 10.2. The number of hydrogen-bond donors (Lipinski definition) is 1. The van der Waals surface area contributed by atoms with Crippen molar-refractivity contribution in [2.75, 3.05) is 0 Å². The Morgan fingerprint density at radius 3 is 2.86 bits per heavy atom. The maximum Gasteiger partial charge on any atom is 0.259 e. The third-order valence-electron chi connectivity index (χ3n) is 2.02. The van der Waals surface area contributed by atoms with E-state index in [4.69, 9.17) is 17.3 Å². The van der Waals surface area contributed by atoms with Crippen molar-refractivity contribution >= 4 is 38.9 Å². The number of carbonyl (C=O) groups excluding carboxylic acids is 1. The number of rotatable bonds is 1. The summed E-state index contributed by atoms with van der Waals surface area (Å²) in [6.45, 7) is 1.84. The number of aryl methyl sites for hydroxylation is 1. The molecule has 0 aliphatic heterocycles. The monoisotopic (exact) mass is 226 g/mol. The van der Waals surface area contributed by atoms with E-state index < -0.39 is 5.91 Å². The van der Waals surface area contributed by atoms with Crippen LogP contribution in [0.4, 0.5) is 0 Å². The molecule has 0 saturated heterocycles. The number of primary amides is 1. The molecule has 0 saturated carbocycles. The third-order valence-corrected chi connectivity index (χ3v) is 3.54. The molecule has 0 spiro atoms. The molecule has 2 heterocycles. The first kappa shape index (κ1) is 9.43. The van der Waals surface area contributed by atoms with E-state index in [1.165, 1.54) is 11.3 Å². The third kappa shape index (κ3) is 1.27. The summed E-state index contributed by atoms with van der Waals surface area (Å²) in [7, 11) is 0. The first-order valence-electron chi connectivity index (χ1n) is 3.93. The molecule has 2 N–H and O–H groups in total. The smallest absolute Gasteiger partial charge is 0.259 e. The number of aromatic nitrogens is 1. The van der Waals surface area contributed by atoms with Crippen LogP contribution in [0, 0.1) is 6.92 Å². The first-order valence-corrected chi connectivity index (χ1v) is 5.13. The number of thiophene rings is 1. The van der Waals surface area contributed by atoms with Gasteiger partial charge in [0.2, 0.25) is 0 Å². The van der Waals surface area contributed by atoms with Gasteiger partial charge in [-0.3, -0.25) is 9.78 Å². The summed E-state index contributed by atoms with van der Waals surface area (Å²) in [6, 6.07) is 0. The number of carbonyl (C=O) groups is 1. The molecule has 3 nitrogen and oxygen atoms in total. The zero-order chi connectivity index (χ0) is 10.3. The molecule has 2 rings (SSSR count). The molecule has 0 aliphatic rings. The first-order chi connectivity index (χ1) is 6.61. The van der Waals surface area contributed by atoms with Gasteiger partial charge in [-0.15, -0.1) is 11.3 Å². The standard InChI is InChI=1S/C9H7ClN2OS/c1-4-7-5(10)2-12-3-6(7)14-8(4)9(11)13/h2-3H,1H3,(H2,11,13). The van der Waals surface area contributed by atoms with E-state index >= 15 is 0 Å². The Labute approximate surface area is 89.5 Å². The number of nitrogens with two attached hydrogens (primary N) is 1. The molecule has 0 bridgehead atoms. The van der Waals surface area contributed by atoms with Crippen molar-refractivity contribution in [3.63, 3.8) is 0 Å². The second kappa shape index (κ2) is 3.22. The average molecular weight is 227 g/mol. The van der Waals surface area contributed by atoms with Crippen LogP contribution in [0.15, 0.2) is 12.4 Å². The van der Waals surface area contributed by atoms with E-state index in [0.29, 0.717) is 9.90 Å². The van der Waals surface area contributed by atoms with Gasteiger partial charge in [0.25, 0.3) is 5.91 Å². The normalized spacial score (nSPS) is 10.7. The van der Waals surface area contributed by atoms with Crippen molar-refractivity contribution < 1.29 is 4.79 Å². The topological polar surface area (TPSA) is 56.0 Å². The molecule has 0 aromatic carbocycles. The van der Waals surface area contributed by atoms with Gasteiger partial charge >= 0.3 is 0 Å². The Bertz CT molecular complexity index is 521. The van der Waals surface area contributed by atoms with Gasteiger partial charge < -0.3 is 5.73 Å². The summed E-state index contributed by atoms with van der Waals surface area (Å²) in [5.74, 6) is -0.417. The van der Waals surface area contributed by atoms with Gasteiger partial charge in [0.1, 0.15) is 0 Å². The van der Waals surface area contributed by atoms with Crippen LogP contribution < -0.4 is 5.73 Å². The maximum atomic E-state index is 11.1. The highest BCUT2D eigenvalue weighted by Crippen LogP contribution is 2.34.